The normalized spacial score (nSPS) is 15.7. The number of rotatable bonds is 6. The maximum absolute atomic E-state index is 12.7. The average Bonchev–Trinajstić information content (AvgIpc) is 3.25. The molecule has 176 valence electrons. The highest BCUT2D eigenvalue weighted by Gasteiger charge is 2.35. The lowest BCUT2D eigenvalue weighted by molar-refractivity contribution is -0.136. The Labute approximate surface area is 198 Å². The first-order valence-electron chi connectivity index (χ1n) is 11.1. The molecule has 1 aliphatic heterocycles. The summed E-state index contributed by atoms with van der Waals surface area (Å²) in [6.07, 6.45) is 1.89. The summed E-state index contributed by atoms with van der Waals surface area (Å²) in [5.41, 5.74) is 4.74. The van der Waals surface area contributed by atoms with Crippen LogP contribution in [0.3, 0.4) is 0 Å². The molecule has 8 heteroatoms. The third-order valence-corrected chi connectivity index (χ3v) is 5.56. The highest BCUT2D eigenvalue weighted by atomic mass is 16.5. The Kier molecular flexibility index (Phi) is 6.40. The molecule has 2 aromatic carbocycles. The zero-order valence-electron chi connectivity index (χ0n) is 19.9. The predicted molar refractivity (Wildman–Crippen MR) is 129 cm³/mol. The molecule has 34 heavy (non-hydrogen) atoms. The number of carbonyl (C=O) groups is 2. The highest BCUT2D eigenvalue weighted by Crippen LogP contribution is 2.36. The zero-order chi connectivity index (χ0) is 24.4. The van der Waals surface area contributed by atoms with Gasteiger partial charge in [-0.2, -0.15) is 5.10 Å². The molecule has 0 fully saturated rings. The van der Waals surface area contributed by atoms with Gasteiger partial charge in [-0.15, -0.1) is 0 Å². The van der Waals surface area contributed by atoms with Crippen molar-refractivity contribution in [1.82, 2.24) is 20.4 Å². The monoisotopic (exact) mass is 460 g/mol. The van der Waals surface area contributed by atoms with Gasteiger partial charge in [0.15, 0.2) is 0 Å². The lowest BCUT2D eigenvalue weighted by Gasteiger charge is -2.27. The van der Waals surface area contributed by atoms with Crippen molar-refractivity contribution in [1.29, 1.82) is 0 Å². The third kappa shape index (κ3) is 4.52. The summed E-state index contributed by atoms with van der Waals surface area (Å²) in [5.74, 6) is 0.272. The van der Waals surface area contributed by atoms with Gasteiger partial charge in [0.2, 0.25) is 0 Å². The Balaban J connectivity index is 1.89. The van der Waals surface area contributed by atoms with Crippen LogP contribution in [0, 0.1) is 6.92 Å². The van der Waals surface area contributed by atoms with Crippen LogP contribution < -0.4 is 15.4 Å². The number of urea groups is 1. The molecular weight excluding hydrogens is 432 g/mol. The van der Waals surface area contributed by atoms with Crippen LogP contribution in [-0.2, 0) is 9.53 Å². The van der Waals surface area contributed by atoms with E-state index in [-0.39, 0.29) is 6.10 Å². The van der Waals surface area contributed by atoms with E-state index in [4.69, 9.17) is 14.6 Å². The van der Waals surface area contributed by atoms with Crippen LogP contribution in [0.4, 0.5) is 4.79 Å². The molecule has 0 aliphatic carbocycles. The molecule has 0 spiro atoms. The molecule has 0 bridgehead atoms. The number of amides is 2. The molecule has 1 aromatic heterocycles. The number of benzene rings is 2. The number of nitrogens with zero attached hydrogens (tertiary/aromatic N) is 2. The molecule has 2 amide bonds. The Hall–Kier alpha value is -4.07. The second-order valence-corrected chi connectivity index (χ2v) is 8.42. The maximum atomic E-state index is 12.7. The molecule has 0 saturated heterocycles. The van der Waals surface area contributed by atoms with Crippen LogP contribution in [-0.4, -0.2) is 35.0 Å². The average molecular weight is 461 g/mol. The summed E-state index contributed by atoms with van der Waals surface area (Å²) in [5, 5.41) is 10.4. The van der Waals surface area contributed by atoms with E-state index in [1.807, 2.05) is 75.5 Å². The topological polar surface area (TPSA) is 94.5 Å². The third-order valence-electron chi connectivity index (χ3n) is 5.56. The Morgan fingerprint density at radius 1 is 1.12 bits per heavy atom. The molecule has 0 unspecified atom stereocenters. The quantitative estimate of drug-likeness (QED) is 0.531. The SMILES string of the molecule is COC(=O)C1=C(C)NC(=O)N[C@H]1c1cn(-c2ccccc2)nc1-c1ccc(OC(C)C)c(C)c1. The fourth-order valence-corrected chi connectivity index (χ4v) is 4.03. The second-order valence-electron chi connectivity index (χ2n) is 8.42. The summed E-state index contributed by atoms with van der Waals surface area (Å²) in [7, 11) is 1.32. The van der Waals surface area contributed by atoms with E-state index in [0.717, 1.165) is 22.6 Å². The first-order valence-corrected chi connectivity index (χ1v) is 11.1. The van der Waals surface area contributed by atoms with E-state index in [9.17, 15) is 9.59 Å². The number of nitrogens with one attached hydrogen (secondary N) is 2. The molecule has 8 nitrogen and oxygen atoms in total. The summed E-state index contributed by atoms with van der Waals surface area (Å²) in [6.45, 7) is 7.62. The number of carbonyl (C=O) groups excluding carboxylic acids is 2. The lowest BCUT2D eigenvalue weighted by atomic mass is 9.93. The first-order chi connectivity index (χ1) is 16.3. The minimum Gasteiger partial charge on any atom is -0.491 e. The van der Waals surface area contributed by atoms with Crippen LogP contribution in [0.15, 0.2) is 66.0 Å². The van der Waals surface area contributed by atoms with E-state index < -0.39 is 18.0 Å². The number of ether oxygens (including phenoxy) is 2. The largest absolute Gasteiger partial charge is 0.491 e. The van der Waals surface area contributed by atoms with Crippen molar-refractivity contribution < 1.29 is 19.1 Å². The van der Waals surface area contributed by atoms with Gasteiger partial charge in [0.25, 0.3) is 0 Å². The standard InChI is InChI=1S/C26H28N4O4/c1-15(2)34-21-12-11-18(13-16(21)3)23-20(14-30(29-23)19-9-7-6-8-10-19)24-22(25(31)33-5)17(4)27-26(32)28-24/h6-15,24H,1-5H3,(H2,27,28,32)/t24-/m0/s1. The van der Waals surface area contributed by atoms with E-state index in [0.29, 0.717) is 22.5 Å². The van der Waals surface area contributed by atoms with Crippen molar-refractivity contribution in [2.24, 2.45) is 0 Å². The molecule has 4 rings (SSSR count). The number of hydrogen-bond donors (Lipinski definition) is 2. The van der Waals surface area contributed by atoms with Gasteiger partial charge >= 0.3 is 12.0 Å². The van der Waals surface area contributed by atoms with Gasteiger partial charge in [-0.05, 0) is 63.6 Å². The molecular formula is C26H28N4O4. The number of esters is 1. The summed E-state index contributed by atoms with van der Waals surface area (Å²) < 4.78 is 12.7. The van der Waals surface area contributed by atoms with E-state index in [2.05, 4.69) is 10.6 Å². The van der Waals surface area contributed by atoms with Gasteiger partial charge in [-0.25, -0.2) is 14.3 Å². The van der Waals surface area contributed by atoms with Crippen LogP contribution in [0.2, 0.25) is 0 Å². The molecule has 0 radical (unpaired) electrons. The number of methoxy groups -OCH3 is 1. The van der Waals surface area contributed by atoms with Crippen LogP contribution in [0.25, 0.3) is 16.9 Å². The number of aromatic nitrogens is 2. The summed E-state index contributed by atoms with van der Waals surface area (Å²) >= 11 is 0. The van der Waals surface area contributed by atoms with E-state index in [1.54, 1.807) is 11.6 Å². The molecule has 3 aromatic rings. The van der Waals surface area contributed by atoms with Crippen molar-refractivity contribution >= 4 is 12.0 Å². The Morgan fingerprint density at radius 2 is 1.85 bits per heavy atom. The molecule has 0 saturated carbocycles. The van der Waals surface area contributed by atoms with Crippen LogP contribution in [0.5, 0.6) is 5.75 Å². The number of para-hydroxylation sites is 1. The number of aryl methyl sites for hydroxylation is 1. The van der Waals surface area contributed by atoms with Crippen LogP contribution >= 0.6 is 0 Å². The minimum atomic E-state index is -0.736. The van der Waals surface area contributed by atoms with Crippen molar-refractivity contribution in [2.75, 3.05) is 7.11 Å². The fraction of sp³-hybridized carbons (Fsp3) is 0.269. The van der Waals surface area contributed by atoms with Crippen molar-refractivity contribution in [3.8, 4) is 22.7 Å². The van der Waals surface area contributed by atoms with Gasteiger partial charge in [0.05, 0.1) is 36.2 Å². The van der Waals surface area contributed by atoms with E-state index in [1.165, 1.54) is 7.11 Å². The Bertz CT molecular complexity index is 1260. The fourth-order valence-electron chi connectivity index (χ4n) is 4.03. The molecule has 2 heterocycles. The van der Waals surface area contributed by atoms with Gasteiger partial charge in [0, 0.05) is 23.0 Å². The lowest BCUT2D eigenvalue weighted by Crippen LogP contribution is -2.45. The van der Waals surface area contributed by atoms with Gasteiger partial charge in [-0.3, -0.25) is 0 Å². The molecule has 1 atom stereocenters. The smallest absolute Gasteiger partial charge is 0.337 e. The maximum Gasteiger partial charge on any atom is 0.337 e. The first kappa shape index (κ1) is 23.1. The van der Waals surface area contributed by atoms with Crippen molar-refractivity contribution in [2.45, 2.75) is 39.8 Å². The van der Waals surface area contributed by atoms with Gasteiger partial charge < -0.3 is 20.1 Å². The van der Waals surface area contributed by atoms with Gasteiger partial charge in [0.1, 0.15) is 5.75 Å². The second kappa shape index (κ2) is 9.43. The Morgan fingerprint density at radius 3 is 2.50 bits per heavy atom. The van der Waals surface area contributed by atoms with E-state index >= 15 is 0 Å². The predicted octanol–water partition coefficient (Wildman–Crippen LogP) is 4.44. The summed E-state index contributed by atoms with van der Waals surface area (Å²) in [4.78, 5) is 25.1. The summed E-state index contributed by atoms with van der Waals surface area (Å²) in [6, 6.07) is 14.4. The highest BCUT2D eigenvalue weighted by molar-refractivity contribution is 5.95. The minimum absolute atomic E-state index is 0.0538. The number of hydrogen-bond acceptors (Lipinski definition) is 5. The zero-order valence-corrected chi connectivity index (χ0v) is 19.9. The van der Waals surface area contributed by atoms with Crippen molar-refractivity contribution in [3.05, 3.63) is 77.1 Å². The van der Waals surface area contributed by atoms with Crippen molar-refractivity contribution in [3.63, 3.8) is 0 Å². The van der Waals surface area contributed by atoms with Gasteiger partial charge in [-0.1, -0.05) is 18.2 Å². The molecule has 2 N–H and O–H groups in total. The van der Waals surface area contributed by atoms with Crippen LogP contribution in [0.1, 0.15) is 37.9 Å². The molecule has 1 aliphatic rings. The number of allylic oxidation sites excluding steroid dienone is 1.